The molecule has 0 radical (unpaired) electrons. The van der Waals surface area contributed by atoms with Crippen LogP contribution in [0.15, 0.2) is 18.2 Å². The molecular formula is C12H17NO2. The SMILES string of the molecule is Cc1ccc(C)c(CNCCC(=O)O)c1. The van der Waals surface area contributed by atoms with Crippen molar-refractivity contribution in [3.05, 3.63) is 34.9 Å². The van der Waals surface area contributed by atoms with Crippen LogP contribution in [-0.4, -0.2) is 17.6 Å². The van der Waals surface area contributed by atoms with Crippen molar-refractivity contribution in [2.24, 2.45) is 0 Å². The minimum Gasteiger partial charge on any atom is -0.481 e. The van der Waals surface area contributed by atoms with Crippen LogP contribution in [0.2, 0.25) is 0 Å². The summed E-state index contributed by atoms with van der Waals surface area (Å²) in [6.07, 6.45) is 0.171. The van der Waals surface area contributed by atoms with Crippen molar-refractivity contribution < 1.29 is 9.90 Å². The predicted octanol–water partition coefficient (Wildman–Crippen LogP) is 1.87. The van der Waals surface area contributed by atoms with E-state index in [1.165, 1.54) is 16.7 Å². The smallest absolute Gasteiger partial charge is 0.304 e. The van der Waals surface area contributed by atoms with Gasteiger partial charge in [-0.05, 0) is 25.0 Å². The number of carboxylic acids is 1. The molecule has 0 amide bonds. The van der Waals surface area contributed by atoms with E-state index in [0.29, 0.717) is 6.54 Å². The molecule has 0 unspecified atom stereocenters. The van der Waals surface area contributed by atoms with Gasteiger partial charge in [-0.3, -0.25) is 4.79 Å². The molecule has 0 aliphatic carbocycles. The molecule has 0 aliphatic rings. The number of carboxylic acid groups (broad SMARTS) is 1. The van der Waals surface area contributed by atoms with Gasteiger partial charge in [-0.15, -0.1) is 0 Å². The van der Waals surface area contributed by atoms with Crippen molar-refractivity contribution in [1.82, 2.24) is 5.32 Å². The highest BCUT2D eigenvalue weighted by Gasteiger charge is 1.99. The third kappa shape index (κ3) is 4.13. The number of aryl methyl sites for hydroxylation is 2. The van der Waals surface area contributed by atoms with Gasteiger partial charge < -0.3 is 10.4 Å². The second-order valence-electron chi connectivity index (χ2n) is 3.75. The van der Waals surface area contributed by atoms with Crippen LogP contribution in [-0.2, 0) is 11.3 Å². The van der Waals surface area contributed by atoms with Crippen molar-refractivity contribution in [3.8, 4) is 0 Å². The van der Waals surface area contributed by atoms with Gasteiger partial charge in [-0.25, -0.2) is 0 Å². The van der Waals surface area contributed by atoms with Crippen molar-refractivity contribution in [2.45, 2.75) is 26.8 Å². The first kappa shape index (κ1) is 11.7. The molecule has 82 valence electrons. The lowest BCUT2D eigenvalue weighted by molar-refractivity contribution is -0.136. The predicted molar refractivity (Wildman–Crippen MR) is 59.9 cm³/mol. The van der Waals surface area contributed by atoms with Crippen LogP contribution in [0.1, 0.15) is 23.1 Å². The summed E-state index contributed by atoms with van der Waals surface area (Å²) in [7, 11) is 0. The fourth-order valence-electron chi connectivity index (χ4n) is 1.41. The van der Waals surface area contributed by atoms with Gasteiger partial charge >= 0.3 is 5.97 Å². The van der Waals surface area contributed by atoms with E-state index in [2.05, 4.69) is 37.4 Å². The summed E-state index contributed by atoms with van der Waals surface area (Å²) < 4.78 is 0. The summed E-state index contributed by atoms with van der Waals surface area (Å²) in [6, 6.07) is 6.29. The van der Waals surface area contributed by atoms with Gasteiger partial charge in [0.05, 0.1) is 6.42 Å². The number of nitrogens with one attached hydrogen (secondary N) is 1. The number of carbonyl (C=O) groups is 1. The minimum atomic E-state index is -0.761. The molecule has 0 aliphatic heterocycles. The summed E-state index contributed by atoms with van der Waals surface area (Å²) in [5, 5.41) is 11.6. The fraction of sp³-hybridized carbons (Fsp3) is 0.417. The van der Waals surface area contributed by atoms with E-state index in [9.17, 15) is 4.79 Å². The maximum absolute atomic E-state index is 10.3. The van der Waals surface area contributed by atoms with Gasteiger partial charge in [0.25, 0.3) is 0 Å². The Balaban J connectivity index is 2.43. The van der Waals surface area contributed by atoms with Crippen molar-refractivity contribution in [1.29, 1.82) is 0 Å². The van der Waals surface area contributed by atoms with E-state index in [4.69, 9.17) is 5.11 Å². The number of benzene rings is 1. The standard InChI is InChI=1S/C12H17NO2/c1-9-3-4-10(2)11(7-9)8-13-6-5-12(14)15/h3-4,7,13H,5-6,8H2,1-2H3,(H,14,15). The first-order valence-electron chi connectivity index (χ1n) is 5.08. The molecule has 0 aromatic heterocycles. The Hall–Kier alpha value is -1.35. The van der Waals surface area contributed by atoms with Crippen LogP contribution in [0.3, 0.4) is 0 Å². The summed E-state index contributed by atoms with van der Waals surface area (Å²) in [5.74, 6) is -0.761. The maximum Gasteiger partial charge on any atom is 0.304 e. The van der Waals surface area contributed by atoms with Crippen LogP contribution in [0, 0.1) is 13.8 Å². The highest BCUT2D eigenvalue weighted by molar-refractivity contribution is 5.66. The molecule has 0 saturated heterocycles. The number of hydrogen-bond donors (Lipinski definition) is 2. The summed E-state index contributed by atoms with van der Waals surface area (Å²) in [6.45, 7) is 5.37. The lowest BCUT2D eigenvalue weighted by Crippen LogP contribution is -2.18. The van der Waals surface area contributed by atoms with Crippen LogP contribution >= 0.6 is 0 Å². The largest absolute Gasteiger partial charge is 0.481 e. The topological polar surface area (TPSA) is 49.3 Å². The Morgan fingerprint density at radius 3 is 2.80 bits per heavy atom. The lowest BCUT2D eigenvalue weighted by Gasteiger charge is -2.07. The Bertz CT molecular complexity index is 347. The number of rotatable bonds is 5. The molecule has 3 nitrogen and oxygen atoms in total. The summed E-state index contributed by atoms with van der Waals surface area (Å²) in [5.41, 5.74) is 3.71. The first-order valence-corrected chi connectivity index (χ1v) is 5.08. The van der Waals surface area contributed by atoms with Crippen LogP contribution in [0.4, 0.5) is 0 Å². The van der Waals surface area contributed by atoms with E-state index in [1.54, 1.807) is 0 Å². The van der Waals surface area contributed by atoms with Crippen molar-refractivity contribution >= 4 is 5.97 Å². The van der Waals surface area contributed by atoms with Gasteiger partial charge in [0.15, 0.2) is 0 Å². The zero-order chi connectivity index (χ0) is 11.3. The lowest BCUT2D eigenvalue weighted by atomic mass is 10.1. The van der Waals surface area contributed by atoms with Gasteiger partial charge in [0.2, 0.25) is 0 Å². The van der Waals surface area contributed by atoms with Crippen LogP contribution in [0.25, 0.3) is 0 Å². The Kier molecular flexibility index (Phi) is 4.31. The zero-order valence-corrected chi connectivity index (χ0v) is 9.21. The Labute approximate surface area is 90.1 Å². The van der Waals surface area contributed by atoms with Crippen LogP contribution in [0.5, 0.6) is 0 Å². The third-order valence-corrected chi connectivity index (χ3v) is 2.34. The Morgan fingerprint density at radius 2 is 2.13 bits per heavy atom. The molecule has 2 N–H and O–H groups in total. The second-order valence-corrected chi connectivity index (χ2v) is 3.75. The molecule has 1 aromatic rings. The molecule has 0 saturated carbocycles. The van der Waals surface area contributed by atoms with Crippen LogP contribution < -0.4 is 5.32 Å². The average Bonchev–Trinajstić information content (AvgIpc) is 2.17. The van der Waals surface area contributed by atoms with Crippen molar-refractivity contribution in [2.75, 3.05) is 6.54 Å². The highest BCUT2D eigenvalue weighted by Crippen LogP contribution is 2.09. The molecular weight excluding hydrogens is 190 g/mol. The minimum absolute atomic E-state index is 0.171. The van der Waals surface area contributed by atoms with Gasteiger partial charge in [-0.1, -0.05) is 23.8 Å². The zero-order valence-electron chi connectivity index (χ0n) is 9.21. The molecule has 1 aromatic carbocycles. The highest BCUT2D eigenvalue weighted by atomic mass is 16.4. The quantitative estimate of drug-likeness (QED) is 0.725. The number of aliphatic carboxylic acids is 1. The third-order valence-electron chi connectivity index (χ3n) is 2.34. The summed E-state index contributed by atoms with van der Waals surface area (Å²) in [4.78, 5) is 10.3. The second kappa shape index (κ2) is 5.51. The first-order chi connectivity index (χ1) is 7.09. The van der Waals surface area contributed by atoms with Gasteiger partial charge in [0.1, 0.15) is 0 Å². The van der Waals surface area contributed by atoms with Gasteiger partial charge in [0, 0.05) is 13.1 Å². The molecule has 1 rings (SSSR count). The monoisotopic (exact) mass is 207 g/mol. The molecule has 0 fully saturated rings. The Morgan fingerprint density at radius 1 is 1.40 bits per heavy atom. The average molecular weight is 207 g/mol. The van der Waals surface area contributed by atoms with E-state index in [0.717, 1.165) is 6.54 Å². The van der Waals surface area contributed by atoms with Crippen molar-refractivity contribution in [3.63, 3.8) is 0 Å². The fourth-order valence-corrected chi connectivity index (χ4v) is 1.41. The van der Waals surface area contributed by atoms with E-state index >= 15 is 0 Å². The van der Waals surface area contributed by atoms with Gasteiger partial charge in [-0.2, -0.15) is 0 Å². The maximum atomic E-state index is 10.3. The molecule has 0 atom stereocenters. The molecule has 0 spiro atoms. The van der Waals surface area contributed by atoms with E-state index in [1.807, 2.05) is 0 Å². The molecule has 0 bridgehead atoms. The molecule has 0 heterocycles. The molecule has 3 heteroatoms. The van der Waals surface area contributed by atoms with E-state index in [-0.39, 0.29) is 6.42 Å². The normalized spacial score (nSPS) is 10.3. The number of hydrogen-bond acceptors (Lipinski definition) is 2. The summed E-state index contributed by atoms with van der Waals surface area (Å²) >= 11 is 0. The van der Waals surface area contributed by atoms with E-state index < -0.39 is 5.97 Å². The molecule has 15 heavy (non-hydrogen) atoms.